The van der Waals surface area contributed by atoms with Crippen molar-refractivity contribution in [2.45, 2.75) is 37.8 Å². The predicted molar refractivity (Wildman–Crippen MR) is 103 cm³/mol. The van der Waals surface area contributed by atoms with E-state index in [-0.39, 0.29) is 34.6 Å². The number of nitrogens with zero attached hydrogens (tertiary/aromatic N) is 2. The fourth-order valence-corrected chi connectivity index (χ4v) is 6.01. The summed E-state index contributed by atoms with van der Waals surface area (Å²) >= 11 is 1.54. The summed E-state index contributed by atoms with van der Waals surface area (Å²) in [4.78, 5) is 28.5. The number of carbonyl (C=O) groups excluding carboxylic acids is 1. The predicted octanol–water partition coefficient (Wildman–Crippen LogP) is 1.90. The second-order valence-electron chi connectivity index (χ2n) is 7.83. The smallest absolute Gasteiger partial charge is 0.353 e. The van der Waals surface area contributed by atoms with Gasteiger partial charge in [0.1, 0.15) is 11.5 Å². The van der Waals surface area contributed by atoms with Crippen molar-refractivity contribution >= 4 is 23.6 Å². The van der Waals surface area contributed by atoms with Crippen molar-refractivity contribution in [1.82, 2.24) is 9.80 Å². The summed E-state index contributed by atoms with van der Waals surface area (Å²) in [6, 6.07) is 6.17. The Labute approximate surface area is 167 Å². The second kappa shape index (κ2) is 7.17. The average molecular weight is 406 g/mol. The monoisotopic (exact) mass is 406 g/mol. The first-order valence-electron chi connectivity index (χ1n) is 9.40. The van der Waals surface area contributed by atoms with E-state index in [9.17, 15) is 24.2 Å². The zero-order chi connectivity index (χ0) is 20.2. The molecule has 0 aliphatic carbocycles. The first-order valence-corrected chi connectivity index (χ1v) is 10.3. The largest absolute Gasteiger partial charge is 0.477 e. The number of hydrogen-bond acceptors (Lipinski definition) is 5. The molecule has 150 valence electrons. The highest BCUT2D eigenvalue weighted by Crippen LogP contribution is 2.51. The first kappa shape index (κ1) is 19.4. The van der Waals surface area contributed by atoms with Gasteiger partial charge in [-0.2, -0.15) is 0 Å². The molecule has 0 bridgehead atoms. The SMILES string of the molecule is CC(O)[C@H]1C(=O)N2C(C(=O)O)=C(SC3CN(Cc4ccc(F)cc4)C3)[C@H](C)[C@H]12. The molecule has 4 rings (SSSR count). The maximum absolute atomic E-state index is 13.0. The molecule has 2 fully saturated rings. The lowest BCUT2D eigenvalue weighted by atomic mass is 9.79. The van der Waals surface area contributed by atoms with Crippen LogP contribution in [0.3, 0.4) is 0 Å². The van der Waals surface area contributed by atoms with Crippen LogP contribution in [-0.2, 0) is 16.1 Å². The number of β-lactam (4-membered cyclic amide) rings is 1. The summed E-state index contributed by atoms with van der Waals surface area (Å²) < 4.78 is 13.0. The van der Waals surface area contributed by atoms with Crippen molar-refractivity contribution in [1.29, 1.82) is 0 Å². The Kier molecular flexibility index (Phi) is 4.97. The van der Waals surface area contributed by atoms with Crippen LogP contribution in [0.5, 0.6) is 0 Å². The van der Waals surface area contributed by atoms with E-state index >= 15 is 0 Å². The van der Waals surface area contributed by atoms with E-state index in [4.69, 9.17) is 0 Å². The number of thioether (sulfide) groups is 1. The van der Waals surface area contributed by atoms with Crippen LogP contribution in [0.25, 0.3) is 0 Å². The molecule has 3 aliphatic heterocycles. The summed E-state index contributed by atoms with van der Waals surface area (Å²) in [5, 5.41) is 19.8. The maximum atomic E-state index is 13.0. The van der Waals surface area contributed by atoms with Gasteiger partial charge in [0.05, 0.1) is 18.1 Å². The van der Waals surface area contributed by atoms with Crippen molar-refractivity contribution in [2.75, 3.05) is 13.1 Å². The van der Waals surface area contributed by atoms with Gasteiger partial charge in [0.2, 0.25) is 5.91 Å². The summed E-state index contributed by atoms with van der Waals surface area (Å²) in [5.41, 5.74) is 1.13. The van der Waals surface area contributed by atoms with Crippen LogP contribution in [0.4, 0.5) is 4.39 Å². The Morgan fingerprint density at radius 1 is 1.32 bits per heavy atom. The minimum Gasteiger partial charge on any atom is -0.477 e. The molecule has 1 unspecified atom stereocenters. The van der Waals surface area contributed by atoms with Crippen LogP contribution in [0, 0.1) is 17.7 Å². The highest BCUT2D eigenvalue weighted by molar-refractivity contribution is 8.03. The van der Waals surface area contributed by atoms with Gasteiger partial charge < -0.3 is 15.1 Å². The lowest BCUT2D eigenvalue weighted by Crippen LogP contribution is -2.63. The summed E-state index contributed by atoms with van der Waals surface area (Å²) in [5.74, 6) is -2.26. The van der Waals surface area contributed by atoms with Gasteiger partial charge in [-0.25, -0.2) is 9.18 Å². The number of carbonyl (C=O) groups is 2. The quantitative estimate of drug-likeness (QED) is 0.703. The topological polar surface area (TPSA) is 81.1 Å². The lowest BCUT2D eigenvalue weighted by molar-refractivity contribution is -0.163. The van der Waals surface area contributed by atoms with Crippen LogP contribution >= 0.6 is 11.8 Å². The zero-order valence-electron chi connectivity index (χ0n) is 15.7. The number of amides is 1. The number of benzene rings is 1. The normalized spacial score (nSPS) is 28.8. The third-order valence-electron chi connectivity index (χ3n) is 5.85. The molecular weight excluding hydrogens is 383 g/mol. The maximum Gasteiger partial charge on any atom is 0.353 e. The number of halogens is 1. The van der Waals surface area contributed by atoms with Crippen molar-refractivity contribution in [3.63, 3.8) is 0 Å². The Bertz CT molecular complexity index is 835. The van der Waals surface area contributed by atoms with Crippen LogP contribution in [-0.4, -0.2) is 62.4 Å². The molecule has 3 heterocycles. The van der Waals surface area contributed by atoms with E-state index in [0.29, 0.717) is 0 Å². The van der Waals surface area contributed by atoms with E-state index in [0.717, 1.165) is 30.1 Å². The number of aliphatic hydroxyl groups excluding tert-OH is 1. The van der Waals surface area contributed by atoms with Gasteiger partial charge in [0.25, 0.3) is 0 Å². The summed E-state index contributed by atoms with van der Waals surface area (Å²) in [6.45, 7) is 5.87. The molecule has 2 saturated heterocycles. The van der Waals surface area contributed by atoms with E-state index in [1.807, 2.05) is 6.92 Å². The minimum absolute atomic E-state index is 0.0846. The molecule has 8 heteroatoms. The molecule has 6 nitrogen and oxygen atoms in total. The average Bonchev–Trinajstić information content (AvgIpc) is 2.83. The van der Waals surface area contributed by atoms with Crippen molar-refractivity contribution in [2.24, 2.45) is 11.8 Å². The van der Waals surface area contributed by atoms with Gasteiger partial charge in [-0.05, 0) is 24.6 Å². The molecule has 0 saturated carbocycles. The molecule has 4 atom stereocenters. The molecule has 1 aromatic rings. The highest BCUT2D eigenvalue weighted by atomic mass is 32.2. The molecule has 2 N–H and O–H groups in total. The Morgan fingerprint density at radius 2 is 1.96 bits per heavy atom. The number of aliphatic hydroxyl groups is 1. The van der Waals surface area contributed by atoms with Crippen molar-refractivity contribution < 1.29 is 24.2 Å². The molecular formula is C20H23FN2O4S. The number of carboxylic acids is 1. The number of likely N-dealkylation sites (tertiary alicyclic amines) is 1. The standard InChI is InChI=1S/C20H23FN2O4S/c1-10-16-15(11(2)24)19(25)23(16)17(20(26)27)18(10)28-14-8-22(9-14)7-12-3-5-13(21)6-4-12/h3-6,10-11,14-16,24H,7-9H2,1-2H3,(H,26,27)/t10-,11?,15-,16-/m1/s1. The van der Waals surface area contributed by atoms with E-state index in [2.05, 4.69) is 4.90 Å². The Hall–Kier alpha value is -1.90. The molecule has 1 amide bonds. The number of rotatable bonds is 6. The molecule has 0 spiro atoms. The third kappa shape index (κ3) is 3.13. The highest BCUT2D eigenvalue weighted by Gasteiger charge is 2.60. The lowest BCUT2D eigenvalue weighted by Gasteiger charge is -2.46. The minimum atomic E-state index is -1.09. The van der Waals surface area contributed by atoms with Crippen LogP contribution in [0.15, 0.2) is 34.9 Å². The molecule has 28 heavy (non-hydrogen) atoms. The second-order valence-corrected chi connectivity index (χ2v) is 9.17. The van der Waals surface area contributed by atoms with Crippen LogP contribution in [0.1, 0.15) is 19.4 Å². The van der Waals surface area contributed by atoms with E-state index < -0.39 is 18.0 Å². The van der Waals surface area contributed by atoms with Gasteiger partial charge in [0.15, 0.2) is 0 Å². The van der Waals surface area contributed by atoms with Gasteiger partial charge in [-0.3, -0.25) is 9.69 Å². The Balaban J connectivity index is 1.41. The first-order chi connectivity index (χ1) is 13.3. The van der Waals surface area contributed by atoms with E-state index in [1.165, 1.54) is 17.0 Å². The van der Waals surface area contributed by atoms with Crippen molar-refractivity contribution in [3.05, 3.63) is 46.2 Å². The Morgan fingerprint density at radius 3 is 2.54 bits per heavy atom. The van der Waals surface area contributed by atoms with Gasteiger partial charge in [-0.15, -0.1) is 11.8 Å². The molecule has 3 aliphatic rings. The van der Waals surface area contributed by atoms with Crippen LogP contribution in [0.2, 0.25) is 0 Å². The summed E-state index contributed by atoms with van der Waals surface area (Å²) in [7, 11) is 0. The van der Waals surface area contributed by atoms with Crippen LogP contribution < -0.4 is 0 Å². The zero-order valence-corrected chi connectivity index (χ0v) is 16.5. The number of carboxylic acid groups (broad SMARTS) is 1. The van der Waals surface area contributed by atoms with Crippen molar-refractivity contribution in [3.8, 4) is 0 Å². The number of aliphatic carboxylic acids is 1. The third-order valence-corrected chi connectivity index (χ3v) is 7.30. The fourth-order valence-electron chi connectivity index (χ4n) is 4.43. The van der Waals surface area contributed by atoms with Gasteiger partial charge in [0, 0.05) is 35.7 Å². The van der Waals surface area contributed by atoms with E-state index in [1.54, 1.807) is 30.8 Å². The molecule has 0 radical (unpaired) electrons. The molecule has 0 aromatic heterocycles. The fraction of sp³-hybridized carbons (Fsp3) is 0.500. The van der Waals surface area contributed by atoms with Gasteiger partial charge >= 0.3 is 5.97 Å². The van der Waals surface area contributed by atoms with Gasteiger partial charge in [-0.1, -0.05) is 19.1 Å². The molecule has 1 aromatic carbocycles. The number of hydrogen-bond donors (Lipinski definition) is 2. The number of fused-ring (bicyclic) bond motifs is 1. The summed E-state index contributed by atoms with van der Waals surface area (Å²) in [6.07, 6.45) is -0.787.